The molecule has 0 unspecified atom stereocenters. The van der Waals surface area contributed by atoms with Crippen LogP contribution in [0.5, 0.6) is 0 Å². The normalized spacial score (nSPS) is 10.9. The zero-order chi connectivity index (χ0) is 14.3. The summed E-state index contributed by atoms with van der Waals surface area (Å²) in [6, 6.07) is 5.68. The second-order valence-electron chi connectivity index (χ2n) is 4.11. The van der Waals surface area contributed by atoms with Crippen molar-refractivity contribution in [1.29, 1.82) is 0 Å². The van der Waals surface area contributed by atoms with Gasteiger partial charge < -0.3 is 10.1 Å². The van der Waals surface area contributed by atoms with Crippen molar-refractivity contribution in [3.05, 3.63) is 46.3 Å². The lowest BCUT2D eigenvalue weighted by Gasteiger charge is -2.00. The molecule has 0 aliphatic carbocycles. The number of carboxylic acid groups (broad SMARTS) is 1. The number of hydrogen-bond donors (Lipinski definition) is 2. The van der Waals surface area contributed by atoms with E-state index >= 15 is 0 Å². The average molecular weight is 336 g/mol. The smallest absolute Gasteiger partial charge is 0.337 e. The van der Waals surface area contributed by atoms with E-state index in [1.807, 2.05) is 0 Å². The zero-order valence-corrected chi connectivity index (χ0v) is 11.5. The van der Waals surface area contributed by atoms with Crippen LogP contribution in [-0.4, -0.2) is 26.0 Å². The van der Waals surface area contributed by atoms with Crippen LogP contribution in [0.1, 0.15) is 10.4 Å². The molecule has 2 heterocycles. The number of halogens is 2. The van der Waals surface area contributed by atoms with Gasteiger partial charge in [0.1, 0.15) is 11.6 Å². The Labute approximate surface area is 120 Å². The van der Waals surface area contributed by atoms with Gasteiger partial charge >= 0.3 is 5.97 Å². The van der Waals surface area contributed by atoms with Crippen molar-refractivity contribution in [2.45, 2.75) is 0 Å². The summed E-state index contributed by atoms with van der Waals surface area (Å²) >= 11 is 3.32. The summed E-state index contributed by atoms with van der Waals surface area (Å²) in [6.07, 6.45) is 1.23. The van der Waals surface area contributed by atoms with Gasteiger partial charge in [-0.2, -0.15) is 0 Å². The minimum Gasteiger partial charge on any atom is -0.478 e. The molecule has 0 saturated carbocycles. The second-order valence-corrected chi connectivity index (χ2v) is 4.96. The molecule has 0 aliphatic heterocycles. The monoisotopic (exact) mass is 335 g/mol. The maximum Gasteiger partial charge on any atom is 0.337 e. The molecule has 0 radical (unpaired) electrons. The molecular weight excluding hydrogens is 329 g/mol. The van der Waals surface area contributed by atoms with Crippen molar-refractivity contribution >= 4 is 33.1 Å². The zero-order valence-electron chi connectivity index (χ0n) is 9.89. The van der Waals surface area contributed by atoms with E-state index in [0.717, 1.165) is 0 Å². The number of aromatic amines is 1. The molecule has 0 saturated heterocycles. The third-order valence-corrected chi connectivity index (χ3v) is 3.46. The highest BCUT2D eigenvalue weighted by molar-refractivity contribution is 9.10. The Hall–Kier alpha value is -2.28. The molecule has 2 N–H and O–H groups in total. The number of carbonyl (C=O) groups is 1. The maximum absolute atomic E-state index is 13.3. The van der Waals surface area contributed by atoms with Crippen LogP contribution in [0.4, 0.5) is 4.39 Å². The number of H-pyrrole nitrogens is 1. The third-order valence-electron chi connectivity index (χ3n) is 2.77. The summed E-state index contributed by atoms with van der Waals surface area (Å²) < 4.78 is 14.0. The fourth-order valence-corrected chi connectivity index (χ4v) is 2.26. The number of fused-ring (bicyclic) bond motifs is 1. The van der Waals surface area contributed by atoms with Gasteiger partial charge in [-0.1, -0.05) is 15.9 Å². The number of carboxylic acids is 1. The van der Waals surface area contributed by atoms with Crippen LogP contribution in [0.15, 0.2) is 34.9 Å². The molecule has 1 aromatic carbocycles. The Morgan fingerprint density at radius 1 is 1.35 bits per heavy atom. The molecule has 0 spiro atoms. The Kier molecular flexibility index (Phi) is 2.98. The number of rotatable bonds is 2. The van der Waals surface area contributed by atoms with E-state index in [-0.39, 0.29) is 11.4 Å². The summed E-state index contributed by atoms with van der Waals surface area (Å²) in [7, 11) is 0. The maximum atomic E-state index is 13.3. The first-order chi connectivity index (χ1) is 9.54. The van der Waals surface area contributed by atoms with Crippen LogP contribution in [0.25, 0.3) is 22.6 Å². The summed E-state index contributed by atoms with van der Waals surface area (Å²) in [6.45, 7) is 0. The van der Waals surface area contributed by atoms with E-state index in [2.05, 4.69) is 30.9 Å². The summed E-state index contributed by atoms with van der Waals surface area (Å²) in [5, 5.41) is 8.92. The van der Waals surface area contributed by atoms with E-state index in [1.54, 1.807) is 6.07 Å². The number of aromatic nitrogens is 3. The van der Waals surface area contributed by atoms with Gasteiger partial charge in [0.15, 0.2) is 5.65 Å². The number of hydrogen-bond acceptors (Lipinski definition) is 3. The van der Waals surface area contributed by atoms with Crippen LogP contribution in [0.2, 0.25) is 0 Å². The molecule has 5 nitrogen and oxygen atoms in total. The third kappa shape index (κ3) is 2.16. The lowest BCUT2D eigenvalue weighted by molar-refractivity contribution is 0.0696. The molecule has 20 heavy (non-hydrogen) atoms. The van der Waals surface area contributed by atoms with Crippen LogP contribution in [-0.2, 0) is 0 Å². The molecule has 0 aliphatic rings. The highest BCUT2D eigenvalue weighted by Crippen LogP contribution is 2.28. The van der Waals surface area contributed by atoms with Crippen molar-refractivity contribution in [2.24, 2.45) is 0 Å². The predicted molar refractivity (Wildman–Crippen MR) is 73.9 cm³/mol. The first-order valence-electron chi connectivity index (χ1n) is 5.59. The van der Waals surface area contributed by atoms with Crippen LogP contribution >= 0.6 is 15.9 Å². The van der Waals surface area contributed by atoms with Gasteiger partial charge in [0, 0.05) is 16.2 Å². The number of benzene rings is 1. The SMILES string of the molecule is O=C(O)c1cnc2nc(-c3cc(F)ccc3Br)[nH]c2c1. The summed E-state index contributed by atoms with van der Waals surface area (Å²) in [5.74, 6) is -1.04. The number of imidazole rings is 1. The van der Waals surface area contributed by atoms with Gasteiger partial charge in [0.2, 0.25) is 0 Å². The first-order valence-corrected chi connectivity index (χ1v) is 6.38. The quantitative estimate of drug-likeness (QED) is 0.753. The molecule has 3 rings (SSSR count). The number of aromatic carboxylic acids is 1. The summed E-state index contributed by atoms with van der Waals surface area (Å²) in [4.78, 5) is 22.0. The molecule has 2 aromatic heterocycles. The fourth-order valence-electron chi connectivity index (χ4n) is 1.82. The molecule has 0 amide bonds. The van der Waals surface area contributed by atoms with E-state index in [0.29, 0.717) is 27.0 Å². The number of pyridine rings is 1. The minimum atomic E-state index is -1.07. The van der Waals surface area contributed by atoms with Gasteiger partial charge in [0.25, 0.3) is 0 Å². The molecular formula is C13H7BrFN3O2. The minimum absolute atomic E-state index is 0.0611. The molecule has 0 bridgehead atoms. The molecule has 0 fully saturated rings. The summed E-state index contributed by atoms with van der Waals surface area (Å²) in [5.41, 5.74) is 1.46. The van der Waals surface area contributed by atoms with Crippen LogP contribution in [0, 0.1) is 5.82 Å². The van der Waals surface area contributed by atoms with Gasteiger partial charge in [-0.3, -0.25) is 0 Å². The number of nitrogens with zero attached hydrogens (tertiary/aromatic N) is 2. The highest BCUT2D eigenvalue weighted by atomic mass is 79.9. The Morgan fingerprint density at radius 3 is 2.90 bits per heavy atom. The van der Waals surface area contributed by atoms with Crippen LogP contribution < -0.4 is 0 Å². The topological polar surface area (TPSA) is 78.9 Å². The van der Waals surface area contributed by atoms with Gasteiger partial charge in [-0.15, -0.1) is 0 Å². The van der Waals surface area contributed by atoms with Gasteiger partial charge in [0.05, 0.1) is 11.1 Å². The average Bonchev–Trinajstić information content (AvgIpc) is 2.83. The Bertz CT molecular complexity index is 832. The number of nitrogens with one attached hydrogen (secondary N) is 1. The standard InChI is InChI=1S/C13H7BrFN3O2/c14-9-2-1-7(15)4-8(9)11-17-10-3-6(13(19)20)5-16-12(10)18-11/h1-5H,(H,19,20)(H,16,17,18). The van der Waals surface area contributed by atoms with Gasteiger partial charge in [-0.25, -0.2) is 19.2 Å². The Morgan fingerprint density at radius 2 is 2.15 bits per heavy atom. The van der Waals surface area contributed by atoms with Crippen molar-refractivity contribution in [2.75, 3.05) is 0 Å². The van der Waals surface area contributed by atoms with Crippen molar-refractivity contribution in [3.63, 3.8) is 0 Å². The lowest BCUT2D eigenvalue weighted by Crippen LogP contribution is -1.96. The van der Waals surface area contributed by atoms with Crippen LogP contribution in [0.3, 0.4) is 0 Å². The largest absolute Gasteiger partial charge is 0.478 e. The Balaban J connectivity index is 2.17. The lowest BCUT2D eigenvalue weighted by atomic mass is 10.2. The van der Waals surface area contributed by atoms with E-state index < -0.39 is 5.97 Å². The van der Waals surface area contributed by atoms with E-state index in [1.165, 1.54) is 24.4 Å². The highest BCUT2D eigenvalue weighted by Gasteiger charge is 2.12. The first kappa shape index (κ1) is 12.7. The molecule has 7 heteroatoms. The fraction of sp³-hybridized carbons (Fsp3) is 0. The van der Waals surface area contributed by atoms with E-state index in [9.17, 15) is 9.18 Å². The molecule has 100 valence electrons. The van der Waals surface area contributed by atoms with Gasteiger partial charge in [-0.05, 0) is 24.3 Å². The molecule has 3 aromatic rings. The molecule has 0 atom stereocenters. The predicted octanol–water partition coefficient (Wildman–Crippen LogP) is 3.22. The van der Waals surface area contributed by atoms with Crippen molar-refractivity contribution in [3.8, 4) is 11.4 Å². The van der Waals surface area contributed by atoms with Crippen molar-refractivity contribution < 1.29 is 14.3 Å². The van der Waals surface area contributed by atoms with E-state index in [4.69, 9.17) is 5.11 Å². The van der Waals surface area contributed by atoms with Crippen molar-refractivity contribution in [1.82, 2.24) is 15.0 Å². The second kappa shape index (κ2) is 4.68.